The maximum absolute atomic E-state index is 11.2. The molecule has 6 nitrogen and oxygen atoms in total. The number of nitro benzene ring substituents is 1. The van der Waals surface area contributed by atoms with Gasteiger partial charge in [0, 0.05) is 42.6 Å². The van der Waals surface area contributed by atoms with Gasteiger partial charge in [0.05, 0.1) is 10.3 Å². The number of hydrogen-bond acceptors (Lipinski definition) is 5. The number of nitro groups is 1. The van der Waals surface area contributed by atoms with Crippen molar-refractivity contribution in [1.82, 2.24) is 10.3 Å². The van der Waals surface area contributed by atoms with Gasteiger partial charge in [0.2, 0.25) is 0 Å². The summed E-state index contributed by atoms with van der Waals surface area (Å²) in [4.78, 5) is 17.3. The van der Waals surface area contributed by atoms with E-state index in [0.717, 1.165) is 56.0 Å². The number of pyridine rings is 1. The number of aromatic nitrogens is 1. The second-order valence-electron chi connectivity index (χ2n) is 6.02. The lowest BCUT2D eigenvalue weighted by molar-refractivity contribution is -0.383. The van der Waals surface area contributed by atoms with Crippen molar-refractivity contribution in [2.75, 3.05) is 31.1 Å². The van der Waals surface area contributed by atoms with Gasteiger partial charge in [0.1, 0.15) is 0 Å². The number of anilines is 1. The molecule has 0 saturated carbocycles. The van der Waals surface area contributed by atoms with E-state index in [2.05, 4.69) is 22.1 Å². The highest BCUT2D eigenvalue weighted by atomic mass is 16.6. The fourth-order valence-electron chi connectivity index (χ4n) is 3.32. The predicted molar refractivity (Wildman–Crippen MR) is 91.9 cm³/mol. The summed E-state index contributed by atoms with van der Waals surface area (Å²) in [5, 5.41) is 16.2. The summed E-state index contributed by atoms with van der Waals surface area (Å²) >= 11 is 0. The maximum Gasteiger partial charge on any atom is 0.278 e. The fourth-order valence-corrected chi connectivity index (χ4v) is 3.32. The predicted octanol–water partition coefficient (Wildman–Crippen LogP) is 2.97. The van der Waals surface area contributed by atoms with Crippen LogP contribution in [0.2, 0.25) is 0 Å². The first-order chi connectivity index (χ1) is 11.2. The summed E-state index contributed by atoms with van der Waals surface area (Å²) in [5.74, 6) is 0.720. The van der Waals surface area contributed by atoms with Gasteiger partial charge in [-0.25, -0.2) is 0 Å². The topological polar surface area (TPSA) is 71.3 Å². The molecule has 2 aromatic rings. The van der Waals surface area contributed by atoms with Crippen molar-refractivity contribution in [2.24, 2.45) is 5.92 Å². The molecule has 1 aliphatic rings. The molecule has 23 heavy (non-hydrogen) atoms. The molecule has 0 bridgehead atoms. The van der Waals surface area contributed by atoms with Crippen LogP contribution >= 0.6 is 0 Å². The summed E-state index contributed by atoms with van der Waals surface area (Å²) in [5.41, 5.74) is 1.20. The van der Waals surface area contributed by atoms with Gasteiger partial charge in [-0.15, -0.1) is 0 Å². The number of benzene rings is 1. The highest BCUT2D eigenvalue weighted by Crippen LogP contribution is 2.34. The van der Waals surface area contributed by atoms with Crippen molar-refractivity contribution in [1.29, 1.82) is 0 Å². The fraction of sp³-hybridized carbons (Fsp3) is 0.471. The standard InChI is InChI=1S/C17H22N4O2/c1-2-18-11-13-6-9-20(10-7-13)16-3-4-17(21(22)23)15-12-19-8-5-14(15)16/h3-5,8,12-13,18H,2,6-7,9-11H2,1H3. The molecule has 0 spiro atoms. The molecule has 0 atom stereocenters. The summed E-state index contributed by atoms with van der Waals surface area (Å²) in [7, 11) is 0. The number of hydrogen-bond donors (Lipinski definition) is 1. The van der Waals surface area contributed by atoms with Crippen molar-refractivity contribution < 1.29 is 4.92 Å². The highest BCUT2D eigenvalue weighted by Gasteiger charge is 2.22. The van der Waals surface area contributed by atoms with E-state index < -0.39 is 0 Å². The van der Waals surface area contributed by atoms with Gasteiger partial charge >= 0.3 is 0 Å². The Morgan fingerprint density at radius 2 is 2.09 bits per heavy atom. The Morgan fingerprint density at radius 1 is 1.30 bits per heavy atom. The number of nitrogens with zero attached hydrogens (tertiary/aromatic N) is 3. The molecule has 1 aromatic heterocycles. The van der Waals surface area contributed by atoms with Gasteiger partial charge in [0.15, 0.2) is 0 Å². The number of nitrogens with one attached hydrogen (secondary N) is 1. The lowest BCUT2D eigenvalue weighted by atomic mass is 9.95. The molecule has 1 fully saturated rings. The third-order valence-electron chi connectivity index (χ3n) is 4.61. The van der Waals surface area contributed by atoms with Gasteiger partial charge in [-0.3, -0.25) is 15.1 Å². The Balaban J connectivity index is 1.84. The molecule has 0 aliphatic carbocycles. The van der Waals surface area contributed by atoms with E-state index in [-0.39, 0.29) is 10.6 Å². The molecule has 0 radical (unpaired) electrons. The van der Waals surface area contributed by atoms with Crippen LogP contribution in [-0.4, -0.2) is 36.1 Å². The van der Waals surface area contributed by atoms with Crippen LogP contribution in [0.4, 0.5) is 11.4 Å². The minimum Gasteiger partial charge on any atom is -0.371 e. The van der Waals surface area contributed by atoms with Gasteiger partial charge in [-0.2, -0.15) is 0 Å². The van der Waals surface area contributed by atoms with Crippen LogP contribution in [0, 0.1) is 16.0 Å². The van der Waals surface area contributed by atoms with Crippen molar-refractivity contribution in [3.63, 3.8) is 0 Å². The Kier molecular flexibility index (Phi) is 4.71. The van der Waals surface area contributed by atoms with Crippen LogP contribution in [0.15, 0.2) is 30.6 Å². The quantitative estimate of drug-likeness (QED) is 0.678. The molecule has 3 rings (SSSR count). The first-order valence-electron chi connectivity index (χ1n) is 8.17. The second kappa shape index (κ2) is 6.91. The first-order valence-corrected chi connectivity index (χ1v) is 8.17. The third-order valence-corrected chi connectivity index (χ3v) is 4.61. The zero-order valence-electron chi connectivity index (χ0n) is 13.4. The van der Waals surface area contributed by atoms with Crippen LogP contribution in [0.3, 0.4) is 0 Å². The molecule has 0 amide bonds. The molecular formula is C17H22N4O2. The first kappa shape index (κ1) is 15.7. The van der Waals surface area contributed by atoms with E-state index in [1.165, 1.54) is 0 Å². The molecule has 0 unspecified atom stereocenters. The molecule has 1 aliphatic heterocycles. The van der Waals surface area contributed by atoms with Crippen molar-refractivity contribution in [3.05, 3.63) is 40.7 Å². The average Bonchev–Trinajstić information content (AvgIpc) is 2.59. The Bertz CT molecular complexity index is 696. The molecule has 2 heterocycles. The lowest BCUT2D eigenvalue weighted by Crippen LogP contribution is -2.37. The summed E-state index contributed by atoms with van der Waals surface area (Å²) in [6.45, 7) is 6.21. The zero-order valence-corrected chi connectivity index (χ0v) is 13.4. The minimum atomic E-state index is -0.337. The number of fused-ring (bicyclic) bond motifs is 1. The molecule has 1 saturated heterocycles. The normalized spacial score (nSPS) is 16.0. The van der Waals surface area contributed by atoms with Crippen molar-refractivity contribution in [3.8, 4) is 0 Å². The highest BCUT2D eigenvalue weighted by molar-refractivity contribution is 5.99. The number of piperidine rings is 1. The van der Waals surface area contributed by atoms with Crippen LogP contribution < -0.4 is 10.2 Å². The maximum atomic E-state index is 11.2. The van der Waals surface area contributed by atoms with E-state index >= 15 is 0 Å². The van der Waals surface area contributed by atoms with Crippen LogP contribution in [0.25, 0.3) is 10.8 Å². The largest absolute Gasteiger partial charge is 0.371 e. The second-order valence-corrected chi connectivity index (χ2v) is 6.02. The Labute approximate surface area is 135 Å². The van der Waals surface area contributed by atoms with Crippen molar-refractivity contribution >= 4 is 22.1 Å². The third kappa shape index (κ3) is 3.27. The van der Waals surface area contributed by atoms with Crippen molar-refractivity contribution in [2.45, 2.75) is 19.8 Å². The minimum absolute atomic E-state index is 0.124. The molecular weight excluding hydrogens is 292 g/mol. The Hall–Kier alpha value is -2.21. The smallest absolute Gasteiger partial charge is 0.278 e. The summed E-state index contributed by atoms with van der Waals surface area (Å²) in [6.07, 6.45) is 5.59. The average molecular weight is 314 g/mol. The number of rotatable bonds is 5. The van der Waals surface area contributed by atoms with E-state index in [4.69, 9.17) is 0 Å². The molecule has 6 heteroatoms. The molecule has 122 valence electrons. The monoisotopic (exact) mass is 314 g/mol. The van der Waals surface area contributed by atoms with E-state index in [9.17, 15) is 10.1 Å². The van der Waals surface area contributed by atoms with Crippen LogP contribution in [0.5, 0.6) is 0 Å². The van der Waals surface area contributed by atoms with E-state index in [0.29, 0.717) is 5.39 Å². The molecule has 1 N–H and O–H groups in total. The van der Waals surface area contributed by atoms with Gasteiger partial charge in [-0.05, 0) is 44.0 Å². The SMILES string of the molecule is CCNCC1CCN(c2ccc([N+](=O)[O-])c3cnccc23)CC1. The van der Waals surface area contributed by atoms with Gasteiger partial charge < -0.3 is 10.2 Å². The van der Waals surface area contributed by atoms with Crippen LogP contribution in [0.1, 0.15) is 19.8 Å². The van der Waals surface area contributed by atoms with Crippen LogP contribution in [-0.2, 0) is 0 Å². The number of non-ortho nitro benzene ring substituents is 1. The lowest BCUT2D eigenvalue weighted by Gasteiger charge is -2.34. The molecule has 1 aromatic carbocycles. The van der Waals surface area contributed by atoms with E-state index in [1.807, 2.05) is 12.1 Å². The summed E-state index contributed by atoms with van der Waals surface area (Å²) < 4.78 is 0. The Morgan fingerprint density at radius 3 is 2.78 bits per heavy atom. The van der Waals surface area contributed by atoms with Gasteiger partial charge in [-0.1, -0.05) is 6.92 Å². The van der Waals surface area contributed by atoms with E-state index in [1.54, 1.807) is 18.5 Å². The van der Waals surface area contributed by atoms with Gasteiger partial charge in [0.25, 0.3) is 5.69 Å². The summed E-state index contributed by atoms with van der Waals surface area (Å²) in [6, 6.07) is 5.36. The zero-order chi connectivity index (χ0) is 16.2.